The summed E-state index contributed by atoms with van der Waals surface area (Å²) in [6.07, 6.45) is 0.375. The van der Waals surface area contributed by atoms with E-state index in [0.717, 1.165) is 10.3 Å². The lowest BCUT2D eigenvalue weighted by atomic mass is 10.1. The summed E-state index contributed by atoms with van der Waals surface area (Å²) in [6, 6.07) is 15.8. The van der Waals surface area contributed by atoms with E-state index in [2.05, 4.69) is 0 Å². The van der Waals surface area contributed by atoms with Crippen LogP contribution in [-0.4, -0.2) is 22.7 Å². The summed E-state index contributed by atoms with van der Waals surface area (Å²) in [4.78, 5) is 0. The molecule has 1 heterocycles. The van der Waals surface area contributed by atoms with Crippen LogP contribution in [0.15, 0.2) is 60.7 Å². The van der Waals surface area contributed by atoms with Crippen molar-refractivity contribution in [1.82, 2.24) is 0 Å². The molecular weight excluding hydrogens is 339 g/mol. The predicted octanol–water partition coefficient (Wildman–Crippen LogP) is 3.20. The van der Waals surface area contributed by atoms with Crippen LogP contribution in [-0.2, 0) is 6.42 Å². The molecule has 0 aliphatic rings. The Morgan fingerprint density at radius 2 is 1.77 bits per heavy atom. The van der Waals surface area contributed by atoms with Gasteiger partial charge in [0.25, 0.3) is 0 Å². The van der Waals surface area contributed by atoms with Crippen LogP contribution in [0.1, 0.15) is 11.3 Å². The van der Waals surface area contributed by atoms with E-state index in [1.165, 1.54) is 31.4 Å². The number of methoxy groups -OCH3 is 1. The lowest BCUT2D eigenvalue weighted by molar-refractivity contribution is -0.900. The van der Waals surface area contributed by atoms with E-state index < -0.39 is 0 Å². The van der Waals surface area contributed by atoms with Gasteiger partial charge in [-0.05, 0) is 42.0 Å². The van der Waals surface area contributed by atoms with Crippen molar-refractivity contribution in [3.05, 3.63) is 77.7 Å². The van der Waals surface area contributed by atoms with Crippen molar-refractivity contribution in [3.63, 3.8) is 0 Å². The Kier molecular flexibility index (Phi) is 5.01. The summed E-state index contributed by atoms with van der Waals surface area (Å²) in [5.41, 5.74) is 2.40. The minimum Gasteiger partial charge on any atom is -0.490 e. The Morgan fingerprint density at radius 3 is 2.42 bits per heavy atom. The lowest BCUT2D eigenvalue weighted by Gasteiger charge is -2.10. The maximum Gasteiger partial charge on any atom is 0.306 e. The van der Waals surface area contributed by atoms with Crippen molar-refractivity contribution < 1.29 is 29.5 Å². The van der Waals surface area contributed by atoms with Gasteiger partial charge >= 0.3 is 5.69 Å². The molecule has 0 fully saturated rings. The van der Waals surface area contributed by atoms with E-state index >= 15 is 0 Å². The topological polar surface area (TPSA) is 77.0 Å². The fourth-order valence-corrected chi connectivity index (χ4v) is 2.72. The van der Waals surface area contributed by atoms with Gasteiger partial charge in [0.15, 0.2) is 5.75 Å². The van der Waals surface area contributed by atoms with Crippen LogP contribution in [0.3, 0.4) is 0 Å². The van der Waals surface area contributed by atoms with Crippen LogP contribution < -0.4 is 14.7 Å². The number of aromatic nitrogens is 1. The second kappa shape index (κ2) is 7.38. The number of hydrogen-bond donors (Lipinski definition) is 3. The molecule has 0 aliphatic heterocycles. The van der Waals surface area contributed by atoms with Crippen molar-refractivity contribution in [1.29, 1.82) is 0 Å². The number of rotatable bonds is 5. The summed E-state index contributed by atoms with van der Waals surface area (Å²) in [5.74, 6) is 0.0883. The van der Waals surface area contributed by atoms with Crippen LogP contribution in [0.25, 0.3) is 11.3 Å². The van der Waals surface area contributed by atoms with E-state index in [4.69, 9.17) is 4.74 Å². The van der Waals surface area contributed by atoms with E-state index in [1.807, 2.05) is 0 Å². The summed E-state index contributed by atoms with van der Waals surface area (Å²) in [5, 5.41) is 29.2. The summed E-state index contributed by atoms with van der Waals surface area (Å²) < 4.78 is 19.4. The molecule has 0 atom stereocenters. The first-order chi connectivity index (χ1) is 12.5. The van der Waals surface area contributed by atoms with E-state index in [0.29, 0.717) is 29.1 Å². The van der Waals surface area contributed by atoms with Gasteiger partial charge in [0.2, 0.25) is 5.69 Å². The fourth-order valence-electron chi connectivity index (χ4n) is 2.72. The fraction of sp³-hybridized carbons (Fsp3) is 0.105. The number of halogens is 1. The van der Waals surface area contributed by atoms with Gasteiger partial charge < -0.3 is 4.74 Å². The zero-order valence-corrected chi connectivity index (χ0v) is 14.0. The zero-order valence-electron chi connectivity index (χ0n) is 14.0. The van der Waals surface area contributed by atoms with E-state index in [9.17, 15) is 20.0 Å². The number of nitrogens with zero attached hydrogens (tertiary/aromatic N) is 2. The van der Waals surface area contributed by atoms with Crippen LogP contribution in [0.5, 0.6) is 5.75 Å². The highest BCUT2D eigenvalue weighted by Gasteiger charge is 2.25. The summed E-state index contributed by atoms with van der Waals surface area (Å²) >= 11 is 0. The monoisotopic (exact) mass is 357 g/mol. The quantitative estimate of drug-likeness (QED) is 0.371. The standard InChI is InChI=1S/C19H18FN2O4/c1-26-18-10-9-16(11-13-5-7-15(20)8-6-13)21(23)19(18)14-3-2-4-17(12-14)22(24)25/h2-10,12,23-25H,11H2,1H3/q+1. The molecule has 0 aliphatic carbocycles. The van der Waals surface area contributed by atoms with Crippen molar-refractivity contribution in [3.8, 4) is 17.0 Å². The highest BCUT2D eigenvalue weighted by atomic mass is 19.1. The molecule has 2 aromatic carbocycles. The molecular formula is C19H18FN2O4+. The number of ether oxygens (including phenoxy) is 1. The minimum absolute atomic E-state index is 0.0000567. The predicted molar refractivity (Wildman–Crippen MR) is 91.1 cm³/mol. The Bertz CT molecular complexity index is 914. The average Bonchev–Trinajstić information content (AvgIpc) is 2.65. The van der Waals surface area contributed by atoms with Crippen LogP contribution in [0, 0.1) is 5.82 Å². The highest BCUT2D eigenvalue weighted by molar-refractivity contribution is 5.67. The molecule has 3 rings (SSSR count). The van der Waals surface area contributed by atoms with Crippen LogP contribution in [0.4, 0.5) is 10.1 Å². The lowest BCUT2D eigenvalue weighted by Crippen LogP contribution is -2.38. The molecule has 3 aromatic rings. The Morgan fingerprint density at radius 1 is 1.04 bits per heavy atom. The van der Waals surface area contributed by atoms with E-state index in [1.54, 1.807) is 36.4 Å². The van der Waals surface area contributed by atoms with Crippen LogP contribution >= 0.6 is 0 Å². The van der Waals surface area contributed by atoms with Crippen molar-refractivity contribution >= 4 is 5.69 Å². The SMILES string of the molecule is COc1ccc(Cc2ccc(F)cc2)[n+](O)c1-c1cccc(N(O)O)c1. The molecule has 0 bridgehead atoms. The van der Waals surface area contributed by atoms with Gasteiger partial charge in [-0.3, -0.25) is 15.6 Å². The largest absolute Gasteiger partial charge is 0.490 e. The van der Waals surface area contributed by atoms with Gasteiger partial charge in [-0.1, -0.05) is 18.2 Å². The minimum atomic E-state index is -0.324. The van der Waals surface area contributed by atoms with Gasteiger partial charge in [0.05, 0.1) is 24.8 Å². The molecule has 0 saturated heterocycles. The molecule has 0 unspecified atom stereocenters. The molecule has 0 spiro atoms. The van der Waals surface area contributed by atoms with Gasteiger partial charge in [0, 0.05) is 10.8 Å². The van der Waals surface area contributed by atoms with Gasteiger partial charge in [-0.2, -0.15) is 0 Å². The summed E-state index contributed by atoms with van der Waals surface area (Å²) in [7, 11) is 1.48. The molecule has 26 heavy (non-hydrogen) atoms. The molecule has 1 aromatic heterocycles. The maximum atomic E-state index is 13.1. The number of pyridine rings is 1. The van der Waals surface area contributed by atoms with Gasteiger partial charge in [0.1, 0.15) is 5.82 Å². The zero-order chi connectivity index (χ0) is 18.7. The van der Waals surface area contributed by atoms with Gasteiger partial charge in [-0.15, -0.1) is 5.23 Å². The second-order valence-electron chi connectivity index (χ2n) is 5.70. The first-order valence-electron chi connectivity index (χ1n) is 7.83. The molecule has 3 N–H and O–H groups in total. The molecule has 134 valence electrons. The first-order valence-corrected chi connectivity index (χ1v) is 7.83. The normalized spacial score (nSPS) is 10.6. The average molecular weight is 357 g/mol. The number of hydrogen-bond acceptors (Lipinski definition) is 5. The Labute approximate surface area is 149 Å². The maximum absolute atomic E-state index is 13.1. The van der Waals surface area contributed by atoms with E-state index in [-0.39, 0.29) is 16.7 Å². The van der Waals surface area contributed by atoms with Crippen LogP contribution in [0.2, 0.25) is 0 Å². The highest BCUT2D eigenvalue weighted by Crippen LogP contribution is 2.29. The third kappa shape index (κ3) is 3.58. The summed E-state index contributed by atoms with van der Waals surface area (Å²) in [6.45, 7) is 0. The van der Waals surface area contributed by atoms with Crippen molar-refractivity contribution in [2.75, 3.05) is 12.3 Å². The molecule has 0 radical (unpaired) electrons. The third-order valence-electron chi connectivity index (χ3n) is 4.01. The molecule has 6 nitrogen and oxygen atoms in total. The smallest absolute Gasteiger partial charge is 0.306 e. The van der Waals surface area contributed by atoms with Crippen molar-refractivity contribution in [2.45, 2.75) is 6.42 Å². The van der Waals surface area contributed by atoms with Gasteiger partial charge in [-0.25, -0.2) is 4.39 Å². The molecule has 0 saturated carbocycles. The Balaban J connectivity index is 2.06. The molecule has 7 heteroatoms. The third-order valence-corrected chi connectivity index (χ3v) is 4.01. The first kappa shape index (κ1) is 17.7. The number of benzene rings is 2. The Hall–Kier alpha value is -3.16. The second-order valence-corrected chi connectivity index (χ2v) is 5.70. The molecule has 0 amide bonds. The van der Waals surface area contributed by atoms with Crippen molar-refractivity contribution in [2.24, 2.45) is 0 Å². The number of anilines is 1.